The summed E-state index contributed by atoms with van der Waals surface area (Å²) < 4.78 is 5.78. The average Bonchev–Trinajstić information content (AvgIpc) is 2.35. The van der Waals surface area contributed by atoms with Crippen molar-refractivity contribution in [3.05, 3.63) is 22.8 Å². The van der Waals surface area contributed by atoms with Crippen LogP contribution in [0.25, 0.3) is 0 Å². The Morgan fingerprint density at radius 1 is 1.41 bits per heavy atom. The third-order valence-electron chi connectivity index (χ3n) is 3.22. The molecule has 1 fully saturated rings. The van der Waals surface area contributed by atoms with Gasteiger partial charge in [0.25, 0.3) is 0 Å². The van der Waals surface area contributed by atoms with Gasteiger partial charge in [0.05, 0.1) is 5.56 Å². The Labute approximate surface area is 106 Å². The van der Waals surface area contributed by atoms with Gasteiger partial charge >= 0.3 is 0 Å². The third kappa shape index (κ3) is 2.89. The largest absolute Gasteiger partial charge is 0.473 e. The molecule has 1 saturated carbocycles. The van der Waals surface area contributed by atoms with Crippen molar-refractivity contribution in [3.63, 3.8) is 0 Å². The highest BCUT2D eigenvalue weighted by molar-refractivity contribution is 6.32. The van der Waals surface area contributed by atoms with Crippen LogP contribution in [-0.2, 0) is 0 Å². The predicted octanol–water partition coefficient (Wildman–Crippen LogP) is 3.56. The molecule has 0 radical (unpaired) electrons. The molecule has 0 aromatic carbocycles. The summed E-state index contributed by atoms with van der Waals surface area (Å²) in [7, 11) is 0. The van der Waals surface area contributed by atoms with E-state index in [4.69, 9.17) is 21.6 Å². The van der Waals surface area contributed by atoms with E-state index in [0.717, 1.165) is 18.8 Å². The summed E-state index contributed by atoms with van der Waals surface area (Å²) in [4.78, 5) is 4.09. The van der Waals surface area contributed by atoms with E-state index in [1.54, 1.807) is 12.3 Å². The first-order valence-electron chi connectivity index (χ1n) is 5.92. The molecule has 0 amide bonds. The second kappa shape index (κ2) is 5.37. The Morgan fingerprint density at radius 3 is 2.76 bits per heavy atom. The molecule has 1 aliphatic rings. The molecule has 90 valence electrons. The molecule has 0 aliphatic heterocycles. The van der Waals surface area contributed by atoms with Crippen LogP contribution >= 0.6 is 11.6 Å². The fourth-order valence-corrected chi connectivity index (χ4v) is 2.30. The van der Waals surface area contributed by atoms with Crippen molar-refractivity contribution < 1.29 is 4.74 Å². The minimum absolute atomic E-state index is 0.185. The average molecular weight is 251 g/mol. The summed E-state index contributed by atoms with van der Waals surface area (Å²) in [6.07, 6.45) is 6.18. The zero-order valence-corrected chi connectivity index (χ0v) is 10.6. The minimum atomic E-state index is 0.185. The topological polar surface area (TPSA) is 45.9 Å². The fraction of sp³-hybridized carbons (Fsp3) is 0.538. The van der Waals surface area contributed by atoms with Gasteiger partial charge in [-0.3, -0.25) is 0 Å². The molecule has 0 saturated heterocycles. The quantitative estimate of drug-likeness (QED) is 0.806. The first-order valence-corrected chi connectivity index (χ1v) is 6.29. The molecule has 0 N–H and O–H groups in total. The van der Waals surface area contributed by atoms with Crippen molar-refractivity contribution in [2.24, 2.45) is 5.92 Å². The molecule has 4 heteroatoms. The van der Waals surface area contributed by atoms with Gasteiger partial charge in [-0.15, -0.1) is 0 Å². The summed E-state index contributed by atoms with van der Waals surface area (Å²) in [5.41, 5.74) is 0.417. The highest BCUT2D eigenvalue weighted by Crippen LogP contribution is 2.30. The Kier molecular flexibility index (Phi) is 3.86. The molecule has 2 rings (SSSR count). The Morgan fingerprint density at radius 2 is 2.12 bits per heavy atom. The van der Waals surface area contributed by atoms with Crippen molar-refractivity contribution in [1.82, 2.24) is 4.98 Å². The molecule has 0 unspecified atom stereocenters. The van der Waals surface area contributed by atoms with Gasteiger partial charge in [-0.25, -0.2) is 4.98 Å². The molecule has 1 aromatic heterocycles. The van der Waals surface area contributed by atoms with Gasteiger partial charge in [0, 0.05) is 6.20 Å². The van der Waals surface area contributed by atoms with E-state index >= 15 is 0 Å². The third-order valence-corrected chi connectivity index (χ3v) is 3.58. The minimum Gasteiger partial charge on any atom is -0.473 e. The van der Waals surface area contributed by atoms with E-state index in [2.05, 4.69) is 11.9 Å². The van der Waals surface area contributed by atoms with Crippen LogP contribution in [0.4, 0.5) is 0 Å². The van der Waals surface area contributed by atoms with Crippen LogP contribution in [0.1, 0.15) is 38.2 Å². The van der Waals surface area contributed by atoms with E-state index in [1.807, 2.05) is 6.07 Å². The van der Waals surface area contributed by atoms with Crippen molar-refractivity contribution >= 4 is 11.6 Å². The molecule has 0 atom stereocenters. The van der Waals surface area contributed by atoms with Crippen LogP contribution in [0.3, 0.4) is 0 Å². The van der Waals surface area contributed by atoms with Crippen molar-refractivity contribution in [3.8, 4) is 11.9 Å². The van der Waals surface area contributed by atoms with E-state index < -0.39 is 0 Å². The molecule has 1 aliphatic carbocycles. The highest BCUT2D eigenvalue weighted by atomic mass is 35.5. The number of aromatic nitrogens is 1. The number of hydrogen-bond donors (Lipinski definition) is 0. The molecule has 3 nitrogen and oxygen atoms in total. The number of halogens is 1. The van der Waals surface area contributed by atoms with Crippen molar-refractivity contribution in [2.75, 3.05) is 0 Å². The standard InChI is InChI=1S/C13H15ClN2O/c1-9-2-4-11(5-3-9)17-13-12(14)10(8-15)6-7-16-13/h6-7,9,11H,2-5H2,1H3. The van der Waals surface area contributed by atoms with E-state index in [-0.39, 0.29) is 6.10 Å². The second-order valence-corrected chi connectivity index (χ2v) is 4.97. The van der Waals surface area contributed by atoms with Gasteiger partial charge in [-0.1, -0.05) is 18.5 Å². The van der Waals surface area contributed by atoms with Gasteiger partial charge in [0.15, 0.2) is 0 Å². The van der Waals surface area contributed by atoms with E-state index in [9.17, 15) is 0 Å². The maximum Gasteiger partial charge on any atom is 0.234 e. The summed E-state index contributed by atoms with van der Waals surface area (Å²) in [5, 5.41) is 9.19. The first kappa shape index (κ1) is 12.2. The summed E-state index contributed by atoms with van der Waals surface area (Å²) >= 11 is 6.05. The van der Waals surface area contributed by atoms with Gasteiger partial charge in [0.2, 0.25) is 5.88 Å². The SMILES string of the molecule is CC1CCC(Oc2nccc(C#N)c2Cl)CC1. The molecule has 1 heterocycles. The number of nitriles is 1. The lowest BCUT2D eigenvalue weighted by Crippen LogP contribution is -2.23. The van der Waals surface area contributed by atoms with Crippen molar-refractivity contribution in [2.45, 2.75) is 38.7 Å². The number of ether oxygens (including phenoxy) is 1. The molecular formula is C13H15ClN2O. The maximum absolute atomic E-state index is 8.87. The Bertz CT molecular complexity index is 434. The monoisotopic (exact) mass is 250 g/mol. The number of hydrogen-bond acceptors (Lipinski definition) is 3. The van der Waals surface area contributed by atoms with Gasteiger partial charge < -0.3 is 4.74 Å². The van der Waals surface area contributed by atoms with Crippen LogP contribution in [0.5, 0.6) is 5.88 Å². The molecule has 0 spiro atoms. The van der Waals surface area contributed by atoms with Crippen LogP contribution < -0.4 is 4.74 Å². The lowest BCUT2D eigenvalue weighted by Gasteiger charge is -2.26. The number of nitrogens with zero attached hydrogens (tertiary/aromatic N) is 2. The van der Waals surface area contributed by atoms with Gasteiger partial charge in [0.1, 0.15) is 17.2 Å². The Balaban J connectivity index is 2.06. The lowest BCUT2D eigenvalue weighted by atomic mass is 9.89. The molecule has 17 heavy (non-hydrogen) atoms. The zero-order valence-electron chi connectivity index (χ0n) is 9.82. The van der Waals surface area contributed by atoms with E-state index in [0.29, 0.717) is 16.5 Å². The normalized spacial score (nSPS) is 24.1. The van der Waals surface area contributed by atoms with Crippen molar-refractivity contribution in [1.29, 1.82) is 5.26 Å². The van der Waals surface area contributed by atoms with E-state index in [1.165, 1.54) is 12.8 Å². The first-order chi connectivity index (χ1) is 8.20. The van der Waals surface area contributed by atoms with Crippen LogP contribution in [-0.4, -0.2) is 11.1 Å². The smallest absolute Gasteiger partial charge is 0.234 e. The number of rotatable bonds is 2. The maximum atomic E-state index is 8.87. The second-order valence-electron chi connectivity index (χ2n) is 4.59. The molecule has 1 aromatic rings. The fourth-order valence-electron chi connectivity index (χ4n) is 2.10. The van der Waals surface area contributed by atoms with Gasteiger partial charge in [-0.05, 0) is 37.7 Å². The number of pyridine rings is 1. The predicted molar refractivity (Wildman–Crippen MR) is 66.0 cm³/mol. The van der Waals surface area contributed by atoms with Gasteiger partial charge in [-0.2, -0.15) is 5.26 Å². The molecular weight excluding hydrogens is 236 g/mol. The van der Waals surface area contributed by atoms with Crippen LogP contribution in [0.2, 0.25) is 5.02 Å². The Hall–Kier alpha value is -1.27. The summed E-state index contributed by atoms with van der Waals surface area (Å²) in [6, 6.07) is 3.62. The molecule has 0 bridgehead atoms. The van der Waals surface area contributed by atoms with Crippen LogP contribution in [0, 0.1) is 17.2 Å². The highest BCUT2D eigenvalue weighted by Gasteiger charge is 2.21. The summed E-state index contributed by atoms with van der Waals surface area (Å²) in [5.74, 6) is 1.17. The summed E-state index contributed by atoms with van der Waals surface area (Å²) in [6.45, 7) is 2.26. The lowest BCUT2D eigenvalue weighted by molar-refractivity contribution is 0.130. The van der Waals surface area contributed by atoms with Crippen LogP contribution in [0.15, 0.2) is 12.3 Å². The zero-order chi connectivity index (χ0) is 12.3.